The zero-order chi connectivity index (χ0) is 12.5. The summed E-state index contributed by atoms with van der Waals surface area (Å²) in [6.07, 6.45) is 4.20. The summed E-state index contributed by atoms with van der Waals surface area (Å²) >= 11 is 0. The summed E-state index contributed by atoms with van der Waals surface area (Å²) < 4.78 is 4.77. The fourth-order valence-corrected chi connectivity index (χ4v) is 3.11. The van der Waals surface area contributed by atoms with Crippen molar-refractivity contribution >= 4 is 12.1 Å². The highest BCUT2D eigenvalue weighted by Crippen LogP contribution is 2.74. The van der Waals surface area contributed by atoms with E-state index in [9.17, 15) is 9.59 Å². The maximum absolute atomic E-state index is 11.1. The molecule has 3 saturated carbocycles. The zero-order valence-electron chi connectivity index (χ0n) is 9.70. The van der Waals surface area contributed by atoms with E-state index in [4.69, 9.17) is 9.84 Å². The minimum absolute atomic E-state index is 0.171. The van der Waals surface area contributed by atoms with Crippen molar-refractivity contribution in [1.29, 1.82) is 0 Å². The van der Waals surface area contributed by atoms with Gasteiger partial charge in [-0.25, -0.2) is 4.79 Å². The van der Waals surface area contributed by atoms with E-state index in [-0.39, 0.29) is 12.0 Å². The lowest BCUT2D eigenvalue weighted by atomic mass is 9.34. The molecular weight excluding hydrogens is 222 g/mol. The van der Waals surface area contributed by atoms with Gasteiger partial charge in [0, 0.05) is 6.54 Å². The number of ether oxygens (including phenoxy) is 1. The molecule has 3 aliphatic rings. The molecule has 0 atom stereocenters. The standard InChI is InChI=1S/C12H17NO4/c1-2-5-17-10(16)13-4-3-11-6-12(7-11,8-11)9(14)15/h2H,1,3-8H2,(H,13,16)(H,14,15). The number of carbonyl (C=O) groups is 2. The first-order chi connectivity index (χ1) is 8.02. The number of alkyl carbamates (subject to hydrolysis) is 1. The normalized spacial score (nSPS) is 32.9. The third kappa shape index (κ3) is 2.01. The van der Waals surface area contributed by atoms with Gasteiger partial charge >= 0.3 is 12.1 Å². The average Bonchev–Trinajstić information content (AvgIpc) is 2.15. The molecule has 17 heavy (non-hydrogen) atoms. The van der Waals surface area contributed by atoms with E-state index >= 15 is 0 Å². The Balaban J connectivity index is 1.61. The first kappa shape index (κ1) is 12.0. The van der Waals surface area contributed by atoms with E-state index in [0.29, 0.717) is 6.54 Å². The van der Waals surface area contributed by atoms with Gasteiger partial charge in [-0.3, -0.25) is 4.79 Å². The molecule has 3 rings (SSSR count). The predicted octanol–water partition coefficient (Wildman–Crippen LogP) is 1.54. The molecule has 0 unspecified atom stereocenters. The van der Waals surface area contributed by atoms with Gasteiger partial charge in [-0.15, -0.1) is 0 Å². The molecule has 0 aromatic heterocycles. The molecule has 0 saturated heterocycles. The topological polar surface area (TPSA) is 75.6 Å². The van der Waals surface area contributed by atoms with Gasteiger partial charge in [-0.05, 0) is 31.1 Å². The molecule has 0 spiro atoms. The van der Waals surface area contributed by atoms with Gasteiger partial charge in [0.2, 0.25) is 0 Å². The van der Waals surface area contributed by atoms with Crippen LogP contribution in [0.3, 0.4) is 0 Å². The second-order valence-electron chi connectivity index (χ2n) is 5.18. The fraction of sp³-hybridized carbons (Fsp3) is 0.667. The van der Waals surface area contributed by atoms with E-state index in [1.807, 2.05) is 0 Å². The van der Waals surface area contributed by atoms with Crippen molar-refractivity contribution in [2.24, 2.45) is 10.8 Å². The predicted molar refractivity (Wildman–Crippen MR) is 60.5 cm³/mol. The Hall–Kier alpha value is -1.52. The van der Waals surface area contributed by atoms with Gasteiger partial charge in [0.25, 0.3) is 0 Å². The van der Waals surface area contributed by atoms with Crippen LogP contribution >= 0.6 is 0 Å². The van der Waals surface area contributed by atoms with Crippen LogP contribution < -0.4 is 5.32 Å². The number of carboxylic acids is 1. The lowest BCUT2D eigenvalue weighted by Crippen LogP contribution is -2.65. The third-order valence-corrected chi connectivity index (χ3v) is 3.85. The Morgan fingerprint density at radius 1 is 1.41 bits per heavy atom. The first-order valence-electron chi connectivity index (χ1n) is 5.77. The molecular formula is C12H17NO4. The van der Waals surface area contributed by atoms with Crippen molar-refractivity contribution in [2.45, 2.75) is 25.7 Å². The third-order valence-electron chi connectivity index (χ3n) is 3.85. The second-order valence-corrected chi connectivity index (χ2v) is 5.18. The summed E-state index contributed by atoms with van der Waals surface area (Å²) in [7, 11) is 0. The number of hydrogen-bond donors (Lipinski definition) is 2. The molecule has 0 radical (unpaired) electrons. The van der Waals surface area contributed by atoms with E-state index in [1.54, 1.807) is 0 Å². The first-order valence-corrected chi connectivity index (χ1v) is 5.77. The van der Waals surface area contributed by atoms with Crippen molar-refractivity contribution in [2.75, 3.05) is 13.2 Å². The lowest BCUT2D eigenvalue weighted by Gasteiger charge is -2.68. The van der Waals surface area contributed by atoms with Crippen molar-refractivity contribution < 1.29 is 19.4 Å². The molecule has 0 aromatic carbocycles. The Morgan fingerprint density at radius 3 is 2.59 bits per heavy atom. The van der Waals surface area contributed by atoms with E-state index in [0.717, 1.165) is 25.7 Å². The molecule has 0 aliphatic heterocycles. The highest BCUT2D eigenvalue weighted by molar-refractivity contribution is 5.79. The van der Waals surface area contributed by atoms with Crippen molar-refractivity contribution in [1.82, 2.24) is 5.32 Å². The smallest absolute Gasteiger partial charge is 0.407 e. The minimum atomic E-state index is -0.669. The van der Waals surface area contributed by atoms with Crippen molar-refractivity contribution in [3.63, 3.8) is 0 Å². The number of aliphatic carboxylic acids is 1. The number of nitrogens with one attached hydrogen (secondary N) is 1. The van der Waals surface area contributed by atoms with Crippen LogP contribution in [0.2, 0.25) is 0 Å². The minimum Gasteiger partial charge on any atom is -0.481 e. The summed E-state index contributed by atoms with van der Waals surface area (Å²) in [6, 6.07) is 0. The molecule has 1 amide bonds. The Kier molecular flexibility index (Phi) is 2.85. The molecule has 94 valence electrons. The molecule has 5 nitrogen and oxygen atoms in total. The second kappa shape index (κ2) is 4.05. The average molecular weight is 239 g/mol. The molecule has 0 heterocycles. The Bertz CT molecular complexity index is 344. The highest BCUT2D eigenvalue weighted by atomic mass is 16.5. The molecule has 3 aliphatic carbocycles. The van der Waals surface area contributed by atoms with Gasteiger partial charge < -0.3 is 15.2 Å². The Labute approximate surface area is 99.8 Å². The van der Waals surface area contributed by atoms with Crippen LogP contribution in [0.5, 0.6) is 0 Å². The van der Waals surface area contributed by atoms with Crippen LogP contribution in [-0.4, -0.2) is 30.3 Å². The van der Waals surface area contributed by atoms with E-state index < -0.39 is 17.5 Å². The summed E-state index contributed by atoms with van der Waals surface area (Å²) in [6.45, 7) is 4.20. The van der Waals surface area contributed by atoms with Gasteiger partial charge in [0.15, 0.2) is 0 Å². The molecule has 5 heteroatoms. The summed E-state index contributed by atoms with van der Waals surface area (Å²) in [5.41, 5.74) is -0.256. The van der Waals surface area contributed by atoms with Crippen LogP contribution in [0, 0.1) is 10.8 Å². The lowest BCUT2D eigenvalue weighted by molar-refractivity contribution is -0.224. The van der Waals surface area contributed by atoms with Crippen LogP contribution in [0.1, 0.15) is 25.7 Å². The van der Waals surface area contributed by atoms with Crippen LogP contribution in [0.25, 0.3) is 0 Å². The summed E-state index contributed by atoms with van der Waals surface area (Å²) in [4.78, 5) is 22.0. The maximum Gasteiger partial charge on any atom is 0.407 e. The van der Waals surface area contributed by atoms with Crippen molar-refractivity contribution in [3.8, 4) is 0 Å². The van der Waals surface area contributed by atoms with Crippen LogP contribution in [-0.2, 0) is 9.53 Å². The fourth-order valence-electron chi connectivity index (χ4n) is 3.11. The van der Waals surface area contributed by atoms with Gasteiger partial charge in [0.1, 0.15) is 6.61 Å². The summed E-state index contributed by atoms with van der Waals surface area (Å²) in [5.74, 6) is -0.669. The molecule has 2 N–H and O–H groups in total. The SMILES string of the molecule is C=CCOC(=O)NCCC12CC(C(=O)O)(C1)C2. The highest BCUT2D eigenvalue weighted by Gasteiger charge is 2.71. The van der Waals surface area contributed by atoms with E-state index in [2.05, 4.69) is 11.9 Å². The number of carbonyl (C=O) groups excluding carboxylic acids is 1. The quantitative estimate of drug-likeness (QED) is 0.689. The zero-order valence-corrected chi connectivity index (χ0v) is 9.70. The van der Waals surface area contributed by atoms with Gasteiger partial charge in [0.05, 0.1) is 5.41 Å². The van der Waals surface area contributed by atoms with Crippen LogP contribution in [0.4, 0.5) is 4.79 Å². The van der Waals surface area contributed by atoms with Crippen LogP contribution in [0.15, 0.2) is 12.7 Å². The molecule has 3 fully saturated rings. The number of carboxylic acid groups (broad SMARTS) is 1. The van der Waals surface area contributed by atoms with Gasteiger partial charge in [-0.1, -0.05) is 12.7 Å². The number of rotatable bonds is 6. The monoisotopic (exact) mass is 239 g/mol. The summed E-state index contributed by atoms with van der Waals surface area (Å²) in [5, 5.41) is 11.6. The molecule has 2 bridgehead atoms. The van der Waals surface area contributed by atoms with E-state index in [1.165, 1.54) is 6.08 Å². The van der Waals surface area contributed by atoms with Gasteiger partial charge in [-0.2, -0.15) is 0 Å². The Morgan fingerprint density at radius 2 is 2.06 bits per heavy atom. The molecule has 0 aromatic rings. The maximum atomic E-state index is 11.1. The van der Waals surface area contributed by atoms with Crippen molar-refractivity contribution in [3.05, 3.63) is 12.7 Å². The largest absolute Gasteiger partial charge is 0.481 e. The number of hydrogen-bond acceptors (Lipinski definition) is 3. The number of amides is 1.